The van der Waals surface area contributed by atoms with Crippen LogP contribution in [0, 0.1) is 0 Å². The number of nitrogens with one attached hydrogen (secondary N) is 1. The molecule has 1 heterocycles. The molecule has 1 fully saturated rings. The van der Waals surface area contributed by atoms with Crippen molar-refractivity contribution in [3.05, 3.63) is 0 Å². The van der Waals surface area contributed by atoms with E-state index in [9.17, 15) is 8.42 Å². The van der Waals surface area contributed by atoms with Crippen LogP contribution in [0.2, 0.25) is 0 Å². The van der Waals surface area contributed by atoms with Gasteiger partial charge >= 0.3 is 0 Å². The predicted octanol–water partition coefficient (Wildman–Crippen LogP) is 0.340. The Kier molecular flexibility index (Phi) is 6.04. The van der Waals surface area contributed by atoms with E-state index in [4.69, 9.17) is 0 Å². The Hall–Kier alpha value is -0.170. The zero-order valence-electron chi connectivity index (χ0n) is 12.0. The molecular formula is C12H27N3O2S. The molecule has 6 heteroatoms. The van der Waals surface area contributed by atoms with Gasteiger partial charge in [-0.2, -0.15) is 0 Å². The summed E-state index contributed by atoms with van der Waals surface area (Å²) in [5.74, 6) is 0. The van der Waals surface area contributed by atoms with Crippen LogP contribution in [0.25, 0.3) is 0 Å². The number of likely N-dealkylation sites (tertiary alicyclic amines) is 1. The van der Waals surface area contributed by atoms with Crippen molar-refractivity contribution in [2.24, 2.45) is 0 Å². The lowest BCUT2D eigenvalue weighted by molar-refractivity contribution is 0.270. The topological polar surface area (TPSA) is 52.7 Å². The van der Waals surface area contributed by atoms with Crippen LogP contribution in [0.5, 0.6) is 0 Å². The van der Waals surface area contributed by atoms with Gasteiger partial charge in [-0.05, 0) is 39.9 Å². The van der Waals surface area contributed by atoms with Gasteiger partial charge in [-0.15, -0.1) is 0 Å². The molecule has 1 N–H and O–H groups in total. The smallest absolute Gasteiger partial charge is 0.217 e. The Labute approximate surface area is 112 Å². The van der Waals surface area contributed by atoms with Crippen molar-refractivity contribution in [1.82, 2.24) is 14.5 Å². The van der Waals surface area contributed by atoms with E-state index < -0.39 is 10.0 Å². The minimum absolute atomic E-state index is 0.367. The van der Waals surface area contributed by atoms with Gasteiger partial charge in [0.15, 0.2) is 0 Å². The first-order chi connectivity index (χ1) is 8.39. The zero-order chi connectivity index (χ0) is 13.8. The molecule has 0 spiro atoms. The Morgan fingerprint density at radius 2 is 2.17 bits per heavy atom. The Morgan fingerprint density at radius 3 is 2.67 bits per heavy atom. The largest absolute Gasteiger partial charge is 0.316 e. The lowest BCUT2D eigenvalue weighted by Crippen LogP contribution is -2.45. The highest BCUT2D eigenvalue weighted by Gasteiger charge is 2.30. The summed E-state index contributed by atoms with van der Waals surface area (Å²) in [7, 11) is 0.590. The fourth-order valence-corrected chi connectivity index (χ4v) is 3.69. The van der Waals surface area contributed by atoms with Crippen molar-refractivity contribution in [3.63, 3.8) is 0 Å². The molecule has 0 radical (unpaired) electrons. The van der Waals surface area contributed by atoms with Gasteiger partial charge in [0.25, 0.3) is 0 Å². The van der Waals surface area contributed by atoms with Crippen LogP contribution in [0.15, 0.2) is 0 Å². The average Bonchev–Trinajstić information content (AvgIpc) is 2.71. The van der Waals surface area contributed by atoms with Crippen molar-refractivity contribution < 1.29 is 8.42 Å². The summed E-state index contributed by atoms with van der Waals surface area (Å²) in [5.41, 5.74) is 0. The van der Waals surface area contributed by atoms with Crippen LogP contribution in [-0.2, 0) is 10.0 Å². The number of rotatable bonds is 7. The summed E-state index contributed by atoms with van der Waals surface area (Å²) >= 11 is 0. The maximum atomic E-state index is 12.3. The third kappa shape index (κ3) is 3.91. The van der Waals surface area contributed by atoms with E-state index in [0.717, 1.165) is 19.5 Å². The SMILES string of the molecule is CCNCC(C)S(=O)(=O)N(C)CC1CCCN1C. The van der Waals surface area contributed by atoms with E-state index in [1.165, 1.54) is 10.7 Å². The van der Waals surface area contributed by atoms with Gasteiger partial charge in [0.2, 0.25) is 10.0 Å². The maximum absolute atomic E-state index is 12.3. The second-order valence-corrected chi connectivity index (χ2v) is 7.68. The Morgan fingerprint density at radius 1 is 1.50 bits per heavy atom. The number of hydrogen-bond acceptors (Lipinski definition) is 4. The fourth-order valence-electron chi connectivity index (χ4n) is 2.37. The summed E-state index contributed by atoms with van der Waals surface area (Å²) in [6.07, 6.45) is 2.26. The molecule has 0 bridgehead atoms. The fraction of sp³-hybridized carbons (Fsp3) is 1.00. The minimum Gasteiger partial charge on any atom is -0.316 e. The third-order valence-corrected chi connectivity index (χ3v) is 5.97. The molecule has 0 aromatic carbocycles. The Bertz CT molecular complexity index is 345. The molecule has 1 aliphatic heterocycles. The van der Waals surface area contributed by atoms with Crippen molar-refractivity contribution in [1.29, 1.82) is 0 Å². The normalized spacial score (nSPS) is 23.7. The summed E-state index contributed by atoms with van der Waals surface area (Å²) < 4.78 is 26.1. The number of hydrogen-bond donors (Lipinski definition) is 1. The highest BCUT2D eigenvalue weighted by molar-refractivity contribution is 7.89. The molecular weight excluding hydrogens is 250 g/mol. The maximum Gasteiger partial charge on any atom is 0.217 e. The highest BCUT2D eigenvalue weighted by Crippen LogP contribution is 2.17. The lowest BCUT2D eigenvalue weighted by Gasteiger charge is -2.27. The second kappa shape index (κ2) is 6.84. The molecule has 0 aromatic rings. The van der Waals surface area contributed by atoms with Crippen molar-refractivity contribution in [2.45, 2.75) is 38.0 Å². The van der Waals surface area contributed by atoms with Gasteiger partial charge in [-0.25, -0.2) is 12.7 Å². The van der Waals surface area contributed by atoms with E-state index in [1.54, 1.807) is 14.0 Å². The summed E-state index contributed by atoms with van der Waals surface area (Å²) in [6, 6.07) is 0.371. The monoisotopic (exact) mass is 277 g/mol. The summed E-state index contributed by atoms with van der Waals surface area (Å²) in [6.45, 7) is 6.75. The number of nitrogens with zero attached hydrogens (tertiary/aromatic N) is 2. The van der Waals surface area contributed by atoms with Gasteiger partial charge < -0.3 is 10.2 Å². The summed E-state index contributed by atoms with van der Waals surface area (Å²) in [4.78, 5) is 2.25. The molecule has 5 nitrogen and oxygen atoms in total. The Balaban J connectivity index is 2.55. The molecule has 2 atom stereocenters. The standard InChI is InChI=1S/C12H27N3O2S/c1-5-13-9-11(2)18(16,17)15(4)10-12-7-6-8-14(12)3/h11-13H,5-10H2,1-4H3. The van der Waals surface area contributed by atoms with Gasteiger partial charge in [-0.3, -0.25) is 0 Å². The molecule has 18 heavy (non-hydrogen) atoms. The van der Waals surface area contributed by atoms with Crippen LogP contribution >= 0.6 is 0 Å². The average molecular weight is 277 g/mol. The van der Waals surface area contributed by atoms with Crippen LogP contribution in [0.3, 0.4) is 0 Å². The van der Waals surface area contributed by atoms with E-state index in [2.05, 4.69) is 17.3 Å². The first-order valence-electron chi connectivity index (χ1n) is 6.75. The van der Waals surface area contributed by atoms with Crippen molar-refractivity contribution >= 4 is 10.0 Å². The van der Waals surface area contributed by atoms with Crippen molar-refractivity contribution in [2.75, 3.05) is 40.3 Å². The van der Waals surface area contributed by atoms with Gasteiger partial charge in [0.1, 0.15) is 0 Å². The first kappa shape index (κ1) is 15.9. The molecule has 0 aliphatic carbocycles. The van der Waals surface area contributed by atoms with Gasteiger partial charge in [0, 0.05) is 26.2 Å². The van der Waals surface area contributed by atoms with E-state index >= 15 is 0 Å². The predicted molar refractivity (Wildman–Crippen MR) is 75.2 cm³/mol. The molecule has 1 saturated heterocycles. The van der Waals surface area contributed by atoms with E-state index in [-0.39, 0.29) is 5.25 Å². The molecule has 2 unspecified atom stereocenters. The zero-order valence-corrected chi connectivity index (χ0v) is 12.8. The number of likely N-dealkylation sites (N-methyl/N-ethyl adjacent to an activating group) is 2. The van der Waals surface area contributed by atoms with Crippen LogP contribution in [0.4, 0.5) is 0 Å². The van der Waals surface area contributed by atoms with E-state index in [1.807, 2.05) is 6.92 Å². The lowest BCUT2D eigenvalue weighted by atomic mass is 10.2. The van der Waals surface area contributed by atoms with Gasteiger partial charge in [-0.1, -0.05) is 6.92 Å². The molecule has 0 amide bonds. The minimum atomic E-state index is -3.18. The summed E-state index contributed by atoms with van der Waals surface area (Å²) in [5, 5.41) is 2.73. The van der Waals surface area contributed by atoms with Gasteiger partial charge in [0.05, 0.1) is 5.25 Å². The quantitative estimate of drug-likeness (QED) is 0.729. The van der Waals surface area contributed by atoms with E-state index in [0.29, 0.717) is 19.1 Å². The van der Waals surface area contributed by atoms with Crippen LogP contribution in [0.1, 0.15) is 26.7 Å². The highest BCUT2D eigenvalue weighted by atomic mass is 32.2. The van der Waals surface area contributed by atoms with Crippen LogP contribution < -0.4 is 5.32 Å². The second-order valence-electron chi connectivity index (χ2n) is 5.22. The molecule has 1 rings (SSSR count). The van der Waals surface area contributed by atoms with Crippen LogP contribution in [-0.4, -0.2) is 69.2 Å². The first-order valence-corrected chi connectivity index (χ1v) is 8.26. The third-order valence-electron chi connectivity index (χ3n) is 3.76. The molecule has 0 aromatic heterocycles. The van der Waals surface area contributed by atoms with Crippen molar-refractivity contribution in [3.8, 4) is 0 Å². The molecule has 1 aliphatic rings. The molecule has 108 valence electrons. The number of sulfonamides is 1. The molecule has 0 saturated carbocycles.